The predicted octanol–water partition coefficient (Wildman–Crippen LogP) is 1.97. The number of nitrogens with two attached hydrogens (primary N) is 1. The van der Waals surface area contributed by atoms with Gasteiger partial charge in [-0.05, 0) is 37.8 Å². The van der Waals surface area contributed by atoms with Crippen molar-refractivity contribution in [2.75, 3.05) is 19.4 Å². The van der Waals surface area contributed by atoms with Gasteiger partial charge in [0.25, 0.3) is 0 Å². The molecule has 0 aliphatic heterocycles. The van der Waals surface area contributed by atoms with Crippen molar-refractivity contribution >= 4 is 17.6 Å². The number of anilines is 1. The molecule has 2 aromatic rings. The third kappa shape index (κ3) is 5.21. The Bertz CT molecular complexity index is 868. The minimum Gasteiger partial charge on any atom is -0.347 e. The van der Waals surface area contributed by atoms with Crippen LogP contribution in [0, 0.1) is 12.8 Å². The van der Waals surface area contributed by atoms with Gasteiger partial charge in [-0.1, -0.05) is 30.9 Å². The van der Waals surface area contributed by atoms with Crippen molar-refractivity contribution in [2.45, 2.75) is 58.0 Å². The molecule has 1 saturated carbocycles. The molecule has 1 aliphatic carbocycles. The van der Waals surface area contributed by atoms with Crippen LogP contribution in [-0.4, -0.2) is 56.8 Å². The normalized spacial score (nSPS) is 16.0. The van der Waals surface area contributed by atoms with Crippen LogP contribution >= 0.6 is 0 Å². The SMILES string of the molecule is Cc1nnn(CC(=O)N(C)C)c1-c1ccc(NC(=O)[C@@H](N)C2CCCCCC2)nc1. The predicted molar refractivity (Wildman–Crippen MR) is 114 cm³/mol. The number of aromatic nitrogens is 4. The molecule has 0 aromatic carbocycles. The molecule has 0 bridgehead atoms. The first-order chi connectivity index (χ1) is 14.4. The largest absolute Gasteiger partial charge is 0.347 e. The van der Waals surface area contributed by atoms with Crippen LogP contribution in [0.25, 0.3) is 11.3 Å². The maximum Gasteiger partial charge on any atom is 0.243 e. The fourth-order valence-corrected chi connectivity index (χ4v) is 3.84. The summed E-state index contributed by atoms with van der Waals surface area (Å²) in [6, 6.07) is 3.05. The number of hydrogen-bond acceptors (Lipinski definition) is 6. The van der Waals surface area contributed by atoms with Crippen LogP contribution in [0.15, 0.2) is 18.3 Å². The lowest BCUT2D eigenvalue weighted by atomic mass is 9.92. The second kappa shape index (κ2) is 9.80. The molecule has 1 atom stereocenters. The molecule has 9 heteroatoms. The van der Waals surface area contributed by atoms with Gasteiger partial charge in [-0.2, -0.15) is 0 Å². The van der Waals surface area contributed by atoms with E-state index in [0.717, 1.165) is 36.9 Å². The summed E-state index contributed by atoms with van der Waals surface area (Å²) in [6.45, 7) is 1.93. The van der Waals surface area contributed by atoms with Crippen LogP contribution in [0.1, 0.15) is 44.2 Å². The maximum absolute atomic E-state index is 12.6. The van der Waals surface area contributed by atoms with Crippen molar-refractivity contribution in [3.05, 3.63) is 24.0 Å². The van der Waals surface area contributed by atoms with Crippen LogP contribution in [0.3, 0.4) is 0 Å². The fourth-order valence-electron chi connectivity index (χ4n) is 3.84. The minimum absolute atomic E-state index is 0.0782. The van der Waals surface area contributed by atoms with Gasteiger partial charge in [-0.3, -0.25) is 9.59 Å². The number of carbonyl (C=O) groups excluding carboxylic acids is 2. The highest BCUT2D eigenvalue weighted by Crippen LogP contribution is 2.26. The lowest BCUT2D eigenvalue weighted by Gasteiger charge is -2.21. The summed E-state index contributed by atoms with van der Waals surface area (Å²) in [6.07, 6.45) is 8.37. The summed E-state index contributed by atoms with van der Waals surface area (Å²) in [5.74, 6) is 0.407. The summed E-state index contributed by atoms with van der Waals surface area (Å²) < 4.78 is 1.56. The van der Waals surface area contributed by atoms with Crippen molar-refractivity contribution in [1.82, 2.24) is 24.9 Å². The third-order valence-electron chi connectivity index (χ3n) is 5.69. The van der Waals surface area contributed by atoms with E-state index >= 15 is 0 Å². The van der Waals surface area contributed by atoms with Crippen LogP contribution in [-0.2, 0) is 16.1 Å². The van der Waals surface area contributed by atoms with E-state index < -0.39 is 6.04 Å². The van der Waals surface area contributed by atoms with Gasteiger partial charge < -0.3 is 16.0 Å². The summed E-state index contributed by atoms with van der Waals surface area (Å²) in [5.41, 5.74) is 8.44. The Morgan fingerprint density at radius 1 is 1.23 bits per heavy atom. The summed E-state index contributed by atoms with van der Waals surface area (Å²) in [7, 11) is 3.40. The number of carbonyl (C=O) groups is 2. The molecule has 0 unspecified atom stereocenters. The van der Waals surface area contributed by atoms with E-state index in [1.165, 1.54) is 17.7 Å². The Kier molecular flexibility index (Phi) is 7.15. The second-order valence-corrected chi connectivity index (χ2v) is 8.17. The Morgan fingerprint density at radius 3 is 2.53 bits per heavy atom. The van der Waals surface area contributed by atoms with Gasteiger partial charge in [-0.25, -0.2) is 9.67 Å². The number of hydrogen-bond donors (Lipinski definition) is 2. The van der Waals surface area contributed by atoms with Crippen LogP contribution in [0.4, 0.5) is 5.82 Å². The van der Waals surface area contributed by atoms with E-state index in [-0.39, 0.29) is 24.3 Å². The molecule has 0 saturated heterocycles. The van der Waals surface area contributed by atoms with Crippen LogP contribution in [0.5, 0.6) is 0 Å². The molecule has 1 aliphatic rings. The van der Waals surface area contributed by atoms with Gasteiger partial charge in [0.05, 0.1) is 17.4 Å². The zero-order chi connectivity index (χ0) is 21.7. The second-order valence-electron chi connectivity index (χ2n) is 8.17. The average Bonchev–Trinajstić information content (AvgIpc) is 2.93. The number of nitrogens with one attached hydrogen (secondary N) is 1. The van der Waals surface area contributed by atoms with Crippen molar-refractivity contribution in [3.8, 4) is 11.3 Å². The van der Waals surface area contributed by atoms with E-state index in [4.69, 9.17) is 5.73 Å². The van der Waals surface area contributed by atoms with Crippen LogP contribution in [0.2, 0.25) is 0 Å². The topological polar surface area (TPSA) is 119 Å². The highest BCUT2D eigenvalue weighted by atomic mass is 16.2. The monoisotopic (exact) mass is 413 g/mol. The standard InChI is InChI=1S/C21H31N7O2/c1-14-20(28(26-25-14)13-18(29)27(2)3)16-10-11-17(23-12-16)24-21(30)19(22)15-8-6-4-5-7-9-15/h10-12,15,19H,4-9,13,22H2,1-3H3,(H,23,24,30)/t19-/m0/s1. The van der Waals surface area contributed by atoms with Crippen LogP contribution < -0.4 is 11.1 Å². The first-order valence-electron chi connectivity index (χ1n) is 10.5. The van der Waals surface area contributed by atoms with Crippen molar-refractivity contribution in [1.29, 1.82) is 0 Å². The highest BCUT2D eigenvalue weighted by Gasteiger charge is 2.25. The van der Waals surface area contributed by atoms with E-state index in [0.29, 0.717) is 11.5 Å². The zero-order valence-electron chi connectivity index (χ0n) is 18.0. The lowest BCUT2D eigenvalue weighted by molar-refractivity contribution is -0.129. The van der Waals surface area contributed by atoms with Gasteiger partial charge >= 0.3 is 0 Å². The van der Waals surface area contributed by atoms with E-state index in [2.05, 4.69) is 20.6 Å². The minimum atomic E-state index is -0.519. The molecule has 2 amide bonds. The van der Waals surface area contributed by atoms with Crippen molar-refractivity contribution < 1.29 is 9.59 Å². The maximum atomic E-state index is 12.6. The van der Waals surface area contributed by atoms with Gasteiger partial charge in [0.15, 0.2) is 0 Å². The van der Waals surface area contributed by atoms with E-state index in [9.17, 15) is 9.59 Å². The number of rotatable bonds is 6. The number of pyridine rings is 1. The molecular formula is C21H31N7O2. The van der Waals surface area contributed by atoms with Gasteiger partial charge in [-0.15, -0.1) is 5.10 Å². The van der Waals surface area contributed by atoms with Gasteiger partial charge in [0, 0.05) is 25.9 Å². The molecular weight excluding hydrogens is 382 g/mol. The molecule has 2 heterocycles. The number of aryl methyl sites for hydroxylation is 1. The molecule has 0 spiro atoms. The third-order valence-corrected chi connectivity index (χ3v) is 5.69. The number of likely N-dealkylation sites (N-methyl/N-ethyl adjacent to an activating group) is 1. The summed E-state index contributed by atoms with van der Waals surface area (Å²) in [5, 5.41) is 11.0. The van der Waals surface area contributed by atoms with E-state index in [1.807, 2.05) is 13.0 Å². The molecule has 0 radical (unpaired) electrons. The molecule has 2 aromatic heterocycles. The Labute approximate surface area is 177 Å². The summed E-state index contributed by atoms with van der Waals surface area (Å²) >= 11 is 0. The fraction of sp³-hybridized carbons (Fsp3) is 0.571. The zero-order valence-corrected chi connectivity index (χ0v) is 18.0. The number of nitrogens with zero attached hydrogens (tertiary/aromatic N) is 5. The molecule has 30 heavy (non-hydrogen) atoms. The van der Waals surface area contributed by atoms with Gasteiger partial charge in [0.1, 0.15) is 12.4 Å². The highest BCUT2D eigenvalue weighted by molar-refractivity contribution is 5.94. The Morgan fingerprint density at radius 2 is 1.93 bits per heavy atom. The Balaban J connectivity index is 1.69. The average molecular weight is 414 g/mol. The molecule has 9 nitrogen and oxygen atoms in total. The lowest BCUT2D eigenvalue weighted by Crippen LogP contribution is -2.42. The van der Waals surface area contributed by atoms with Crippen molar-refractivity contribution in [2.24, 2.45) is 11.7 Å². The van der Waals surface area contributed by atoms with E-state index in [1.54, 1.807) is 31.0 Å². The summed E-state index contributed by atoms with van der Waals surface area (Å²) in [4.78, 5) is 30.5. The quantitative estimate of drug-likeness (QED) is 0.699. The first-order valence-corrected chi connectivity index (χ1v) is 10.5. The molecule has 3 rings (SSSR count). The number of amides is 2. The Hall–Kier alpha value is -2.81. The smallest absolute Gasteiger partial charge is 0.243 e. The van der Waals surface area contributed by atoms with Crippen molar-refractivity contribution in [3.63, 3.8) is 0 Å². The first kappa shape index (κ1) is 21.9. The molecule has 3 N–H and O–H groups in total. The molecule has 1 fully saturated rings. The van der Waals surface area contributed by atoms with Gasteiger partial charge in [0.2, 0.25) is 11.8 Å². The molecule has 162 valence electrons.